The molecule has 2 fully saturated rings. The van der Waals surface area contributed by atoms with E-state index in [1.165, 1.54) is 0 Å². The summed E-state index contributed by atoms with van der Waals surface area (Å²) in [5.41, 5.74) is 9.52. The highest BCUT2D eigenvalue weighted by Crippen LogP contribution is 2.35. The summed E-state index contributed by atoms with van der Waals surface area (Å²) in [7, 11) is 3.36. The molecule has 316 valence electrons. The molecule has 1 saturated carbocycles. The first-order chi connectivity index (χ1) is 28.4. The minimum atomic E-state index is -0.705. The highest BCUT2D eigenvalue weighted by Gasteiger charge is 2.42. The van der Waals surface area contributed by atoms with Crippen molar-refractivity contribution in [1.29, 1.82) is 0 Å². The molecule has 0 bridgehead atoms. The maximum absolute atomic E-state index is 14.2. The van der Waals surface area contributed by atoms with Crippen molar-refractivity contribution in [3.8, 4) is 5.75 Å². The second-order valence-electron chi connectivity index (χ2n) is 15.9. The lowest BCUT2D eigenvalue weighted by atomic mass is 9.81. The molecule has 15 heteroatoms. The van der Waals surface area contributed by atoms with Crippen molar-refractivity contribution in [2.75, 3.05) is 47.0 Å². The number of nitrogens with two attached hydrogens (primary N) is 1. The molecular weight excluding hydrogens is 755 g/mol. The molecule has 0 spiro atoms. The molecule has 3 aliphatic rings. The molecule has 2 aliphatic heterocycles. The molecule has 3 aromatic rings. The smallest absolute Gasteiger partial charge is 0.408 e. The maximum atomic E-state index is 14.2. The Balaban J connectivity index is 1.19. The van der Waals surface area contributed by atoms with Crippen LogP contribution in [0, 0.1) is 5.92 Å². The second kappa shape index (κ2) is 20.0. The lowest BCUT2D eigenvalue weighted by Crippen LogP contribution is -2.55. The van der Waals surface area contributed by atoms with Gasteiger partial charge in [0.1, 0.15) is 30.7 Å². The SMILES string of the molecule is COC1CC2=NC(N3CCN(C(=O)C[C@@H](NC(=O)OC(C)(C)C)c4ccccc4)CC3c3cccc(OCCNC(=O)OCc4ccccc4)c3)=NC(N)C2CC1OC. The molecular formula is C44H57N7O8. The maximum Gasteiger partial charge on any atom is 0.408 e. The van der Waals surface area contributed by atoms with E-state index in [-0.39, 0.29) is 56.3 Å². The van der Waals surface area contributed by atoms with Gasteiger partial charge in [0.2, 0.25) is 11.9 Å². The summed E-state index contributed by atoms with van der Waals surface area (Å²) >= 11 is 0. The number of hydrogen-bond acceptors (Lipinski definition) is 12. The number of alkyl carbamates (subject to hydrolysis) is 2. The molecule has 1 aliphatic carbocycles. The van der Waals surface area contributed by atoms with E-state index in [1.807, 2.05) is 89.8 Å². The summed E-state index contributed by atoms with van der Waals surface area (Å²) in [5, 5.41) is 5.65. The van der Waals surface area contributed by atoms with Gasteiger partial charge in [0.15, 0.2) is 0 Å². The van der Waals surface area contributed by atoms with Gasteiger partial charge in [-0.1, -0.05) is 72.8 Å². The van der Waals surface area contributed by atoms with E-state index < -0.39 is 30.0 Å². The first-order valence-corrected chi connectivity index (χ1v) is 20.1. The summed E-state index contributed by atoms with van der Waals surface area (Å²) in [6, 6.07) is 25.5. The van der Waals surface area contributed by atoms with Gasteiger partial charge in [-0.25, -0.2) is 19.6 Å². The van der Waals surface area contributed by atoms with Crippen LogP contribution in [0.15, 0.2) is 94.9 Å². The van der Waals surface area contributed by atoms with Crippen LogP contribution in [0.4, 0.5) is 9.59 Å². The van der Waals surface area contributed by atoms with Gasteiger partial charge in [-0.3, -0.25) is 4.79 Å². The third kappa shape index (κ3) is 11.8. The van der Waals surface area contributed by atoms with Crippen molar-refractivity contribution < 1.29 is 38.1 Å². The molecule has 3 aromatic carbocycles. The number of fused-ring (bicyclic) bond motifs is 1. The Morgan fingerprint density at radius 1 is 0.915 bits per heavy atom. The monoisotopic (exact) mass is 811 g/mol. The number of methoxy groups -OCH3 is 2. The number of amides is 3. The quantitative estimate of drug-likeness (QED) is 0.190. The van der Waals surface area contributed by atoms with E-state index in [0.717, 1.165) is 22.4 Å². The molecule has 5 unspecified atom stereocenters. The second-order valence-corrected chi connectivity index (χ2v) is 15.9. The minimum absolute atomic E-state index is 0.0226. The summed E-state index contributed by atoms with van der Waals surface area (Å²) < 4.78 is 28.5. The highest BCUT2D eigenvalue weighted by atomic mass is 16.6. The fraction of sp³-hybridized carbons (Fsp3) is 0.477. The van der Waals surface area contributed by atoms with Crippen LogP contribution in [-0.2, 0) is 30.3 Å². The first kappa shape index (κ1) is 43.1. The van der Waals surface area contributed by atoms with Crippen LogP contribution in [0.3, 0.4) is 0 Å². The van der Waals surface area contributed by atoms with E-state index in [2.05, 4.69) is 15.5 Å². The van der Waals surface area contributed by atoms with Gasteiger partial charge < -0.3 is 49.9 Å². The van der Waals surface area contributed by atoms with Crippen LogP contribution < -0.4 is 21.1 Å². The average molecular weight is 812 g/mol. The van der Waals surface area contributed by atoms with Crippen LogP contribution >= 0.6 is 0 Å². The van der Waals surface area contributed by atoms with Crippen molar-refractivity contribution in [2.24, 2.45) is 21.6 Å². The van der Waals surface area contributed by atoms with Gasteiger partial charge in [-0.15, -0.1) is 0 Å². The number of ether oxygens (including phenoxy) is 5. The van der Waals surface area contributed by atoms with Gasteiger partial charge in [0.05, 0.1) is 37.3 Å². The summed E-state index contributed by atoms with van der Waals surface area (Å²) in [6.07, 6.45) is -0.696. The number of nitrogens with one attached hydrogen (secondary N) is 2. The summed E-state index contributed by atoms with van der Waals surface area (Å²) in [5.74, 6) is 0.881. The summed E-state index contributed by atoms with van der Waals surface area (Å²) in [6.45, 7) is 7.11. The van der Waals surface area contributed by atoms with Crippen molar-refractivity contribution in [3.05, 3.63) is 102 Å². The Hall–Kier alpha value is -5.51. The van der Waals surface area contributed by atoms with E-state index >= 15 is 0 Å². The predicted molar refractivity (Wildman–Crippen MR) is 223 cm³/mol. The van der Waals surface area contributed by atoms with Crippen molar-refractivity contribution in [3.63, 3.8) is 0 Å². The van der Waals surface area contributed by atoms with Crippen molar-refractivity contribution in [2.45, 2.75) is 82.7 Å². The normalized spacial score (nSPS) is 22.2. The number of carbonyl (C=O) groups excluding carboxylic acids is 3. The molecule has 6 atom stereocenters. The topological polar surface area (TPSA) is 179 Å². The molecule has 0 aromatic heterocycles. The van der Waals surface area contributed by atoms with E-state index in [4.69, 9.17) is 39.4 Å². The highest BCUT2D eigenvalue weighted by molar-refractivity contribution is 6.01. The van der Waals surface area contributed by atoms with Crippen LogP contribution in [0.25, 0.3) is 0 Å². The molecule has 1 saturated heterocycles. The number of hydrogen-bond donors (Lipinski definition) is 3. The number of guanidine groups is 1. The lowest BCUT2D eigenvalue weighted by molar-refractivity contribution is -0.134. The van der Waals surface area contributed by atoms with Crippen LogP contribution in [-0.4, -0.2) is 111 Å². The van der Waals surface area contributed by atoms with E-state index in [9.17, 15) is 14.4 Å². The molecule has 4 N–H and O–H groups in total. The molecule has 2 heterocycles. The van der Waals surface area contributed by atoms with Gasteiger partial charge in [0.25, 0.3) is 0 Å². The van der Waals surface area contributed by atoms with Gasteiger partial charge >= 0.3 is 12.2 Å². The fourth-order valence-corrected chi connectivity index (χ4v) is 7.63. The Kier molecular flexibility index (Phi) is 14.6. The van der Waals surface area contributed by atoms with E-state index in [1.54, 1.807) is 35.0 Å². The standard InChI is InChI=1S/C44H57N7O8/c1-44(2,3)59-43(54)48-34(30-15-10-7-11-16-30)26-39(52)50-20-21-51(41-47-35-25-38(56-5)37(55-4)24-33(35)40(45)49-41)36(27-50)31-17-12-18-32(23-31)57-22-19-46-42(53)58-28-29-13-8-6-9-14-29/h6-18,23,33-34,36-38,40H,19-22,24-28,45H2,1-5H3,(H,46,53)(H,48,54)/t33?,34-,36?,37?,38?,40?/m1/s1. The zero-order valence-electron chi connectivity index (χ0n) is 34.5. The summed E-state index contributed by atoms with van der Waals surface area (Å²) in [4.78, 5) is 53.4. The minimum Gasteiger partial charge on any atom is -0.492 e. The van der Waals surface area contributed by atoms with Crippen molar-refractivity contribution in [1.82, 2.24) is 20.4 Å². The number of nitrogens with zero attached hydrogens (tertiary/aromatic N) is 4. The van der Waals surface area contributed by atoms with Gasteiger partial charge in [-0.2, -0.15) is 0 Å². The Morgan fingerprint density at radius 3 is 2.36 bits per heavy atom. The number of piperazine rings is 1. The zero-order valence-corrected chi connectivity index (χ0v) is 34.5. The Morgan fingerprint density at radius 2 is 1.64 bits per heavy atom. The fourth-order valence-electron chi connectivity index (χ4n) is 7.63. The number of rotatable bonds is 13. The van der Waals surface area contributed by atoms with E-state index in [0.29, 0.717) is 44.2 Å². The zero-order chi connectivity index (χ0) is 41.9. The average Bonchev–Trinajstić information content (AvgIpc) is 3.23. The third-order valence-corrected chi connectivity index (χ3v) is 10.6. The predicted octanol–water partition coefficient (Wildman–Crippen LogP) is 5.37. The molecule has 6 rings (SSSR count). The number of carbonyl (C=O) groups is 3. The van der Waals surface area contributed by atoms with Gasteiger partial charge in [0, 0.05) is 51.9 Å². The molecule has 0 radical (unpaired) electrons. The Labute approximate surface area is 346 Å². The van der Waals surface area contributed by atoms with Crippen LogP contribution in [0.5, 0.6) is 5.75 Å². The lowest BCUT2D eigenvalue weighted by Gasteiger charge is -2.45. The van der Waals surface area contributed by atoms with Crippen LogP contribution in [0.1, 0.15) is 68.8 Å². The van der Waals surface area contributed by atoms with Crippen LogP contribution in [0.2, 0.25) is 0 Å². The Bertz CT molecular complexity index is 1940. The third-order valence-electron chi connectivity index (χ3n) is 10.6. The molecule has 59 heavy (non-hydrogen) atoms. The largest absolute Gasteiger partial charge is 0.492 e. The number of aliphatic imine (C=N–C) groups is 2. The molecule has 3 amide bonds. The number of benzene rings is 3. The first-order valence-electron chi connectivity index (χ1n) is 20.1. The molecule has 15 nitrogen and oxygen atoms in total. The van der Waals surface area contributed by atoms with Gasteiger partial charge in [-0.05, 0) is 56.0 Å². The van der Waals surface area contributed by atoms with Crippen molar-refractivity contribution >= 4 is 29.8 Å².